The Morgan fingerprint density at radius 1 is 1.31 bits per heavy atom. The molecule has 2 aromatic heterocycles. The number of fused-ring (bicyclic) bond motifs is 4. The van der Waals surface area contributed by atoms with Crippen molar-refractivity contribution in [1.29, 1.82) is 0 Å². The smallest absolute Gasteiger partial charge is 0.263 e. The molecule has 32 heavy (non-hydrogen) atoms. The molecule has 1 aromatic carbocycles. The molecule has 10 heteroatoms. The number of anilines is 2. The second-order valence-corrected chi connectivity index (χ2v) is 11.1. The Labute approximate surface area is 192 Å². The summed E-state index contributed by atoms with van der Waals surface area (Å²) in [5.74, 6) is 0.235. The minimum Gasteiger partial charge on any atom is -0.491 e. The lowest BCUT2D eigenvalue weighted by atomic mass is 10.0. The van der Waals surface area contributed by atoms with Crippen molar-refractivity contribution in [2.45, 2.75) is 44.3 Å². The Hall–Kier alpha value is -2.43. The number of rotatable bonds is 3. The molecule has 5 heterocycles. The van der Waals surface area contributed by atoms with Crippen molar-refractivity contribution in [2.75, 3.05) is 30.3 Å². The number of piperazine rings is 1. The van der Waals surface area contributed by atoms with Crippen LogP contribution in [0.15, 0.2) is 12.1 Å². The Morgan fingerprint density at radius 3 is 2.84 bits per heavy atom. The number of nitrogens with zero attached hydrogens (tertiary/aromatic N) is 2. The van der Waals surface area contributed by atoms with Crippen LogP contribution in [-0.4, -0.2) is 48.7 Å². The van der Waals surface area contributed by atoms with E-state index in [4.69, 9.17) is 10.5 Å². The van der Waals surface area contributed by atoms with E-state index in [1.807, 2.05) is 13.0 Å². The molecule has 4 N–H and O–H groups in total. The van der Waals surface area contributed by atoms with E-state index in [9.17, 15) is 4.79 Å². The van der Waals surface area contributed by atoms with Crippen molar-refractivity contribution in [1.82, 2.24) is 15.6 Å². The number of aryl methyl sites for hydroxylation is 1. The molecule has 168 valence electrons. The number of nitrogens with one attached hydrogen (secondary N) is 2. The average Bonchev–Trinajstić information content (AvgIpc) is 3.40. The van der Waals surface area contributed by atoms with Gasteiger partial charge >= 0.3 is 0 Å². The van der Waals surface area contributed by atoms with E-state index in [1.54, 1.807) is 6.07 Å². The third kappa shape index (κ3) is 3.41. The lowest BCUT2D eigenvalue weighted by Gasteiger charge is -2.35. The zero-order chi connectivity index (χ0) is 22.0. The van der Waals surface area contributed by atoms with Crippen LogP contribution >= 0.6 is 22.7 Å². The topological polar surface area (TPSA) is 92.5 Å². The maximum absolute atomic E-state index is 15.0. The summed E-state index contributed by atoms with van der Waals surface area (Å²) < 4.78 is 21.9. The SMILES string of the molecule is Cc1nc2sc(C(=O)N[C@H]3COc4cc(N5CC6CCC(C5)N6)c(F)cc4C3)c(N)c2s1. The van der Waals surface area contributed by atoms with Gasteiger partial charge in [-0.25, -0.2) is 9.37 Å². The highest BCUT2D eigenvalue weighted by atomic mass is 32.1. The number of ether oxygens (including phenoxy) is 1. The number of carbonyl (C=O) groups is 1. The molecule has 2 saturated heterocycles. The number of benzene rings is 1. The van der Waals surface area contributed by atoms with Crippen molar-refractivity contribution in [2.24, 2.45) is 0 Å². The standard InChI is InChI=1S/C22H24FN5O2S2/c1-10-25-22-20(31-10)18(24)19(32-22)21(29)27-14-4-11-5-15(23)16(6-17(11)30-9-14)28-7-12-2-3-13(8-28)26-12/h5-6,12-14,26H,2-4,7-9,24H2,1H3,(H,27,29)/t12?,13?,14-/m1/s1. The summed E-state index contributed by atoms with van der Waals surface area (Å²) in [7, 11) is 0. The van der Waals surface area contributed by atoms with Crippen molar-refractivity contribution in [3.8, 4) is 5.75 Å². The Kier molecular flexibility index (Phi) is 4.78. The lowest BCUT2D eigenvalue weighted by molar-refractivity contribution is 0.0920. The fourth-order valence-electron chi connectivity index (χ4n) is 5.04. The predicted octanol–water partition coefficient (Wildman–Crippen LogP) is 3.06. The van der Waals surface area contributed by atoms with Crippen molar-refractivity contribution in [3.05, 3.63) is 33.4 Å². The van der Waals surface area contributed by atoms with Crippen LogP contribution in [0.1, 0.15) is 33.1 Å². The highest BCUT2D eigenvalue weighted by Gasteiger charge is 2.34. The van der Waals surface area contributed by atoms with Gasteiger partial charge < -0.3 is 26.0 Å². The molecule has 0 saturated carbocycles. The number of halogens is 1. The van der Waals surface area contributed by atoms with Crippen LogP contribution in [-0.2, 0) is 6.42 Å². The third-order valence-electron chi connectivity index (χ3n) is 6.53. The molecule has 3 atom stereocenters. The maximum atomic E-state index is 15.0. The quantitative estimate of drug-likeness (QED) is 0.542. The first kappa shape index (κ1) is 20.2. The van der Waals surface area contributed by atoms with E-state index in [2.05, 4.69) is 20.5 Å². The molecule has 2 fully saturated rings. The average molecular weight is 474 g/mol. The molecule has 3 aliphatic heterocycles. The van der Waals surface area contributed by atoms with Gasteiger partial charge in [0, 0.05) is 31.2 Å². The molecule has 2 unspecified atom stereocenters. The second kappa shape index (κ2) is 7.57. The number of nitrogens with two attached hydrogens (primary N) is 1. The van der Waals surface area contributed by atoms with Gasteiger partial charge in [-0.05, 0) is 37.8 Å². The summed E-state index contributed by atoms with van der Waals surface area (Å²) in [6.07, 6.45) is 2.81. The lowest BCUT2D eigenvalue weighted by Crippen LogP contribution is -2.51. The van der Waals surface area contributed by atoms with Gasteiger partial charge in [-0.3, -0.25) is 4.79 Å². The van der Waals surface area contributed by atoms with E-state index >= 15 is 4.39 Å². The zero-order valence-electron chi connectivity index (χ0n) is 17.6. The number of thiazole rings is 1. The fraction of sp³-hybridized carbons (Fsp3) is 0.455. The molecule has 0 radical (unpaired) electrons. The van der Waals surface area contributed by atoms with E-state index in [0.717, 1.165) is 46.0 Å². The van der Waals surface area contributed by atoms with Crippen LogP contribution in [0.5, 0.6) is 5.75 Å². The van der Waals surface area contributed by atoms with Gasteiger partial charge in [0.25, 0.3) is 5.91 Å². The zero-order valence-corrected chi connectivity index (χ0v) is 19.2. The minimum atomic E-state index is -0.246. The van der Waals surface area contributed by atoms with Gasteiger partial charge in [0.2, 0.25) is 0 Å². The molecule has 0 spiro atoms. The van der Waals surface area contributed by atoms with Crippen LogP contribution in [0.4, 0.5) is 15.8 Å². The number of nitrogen functional groups attached to an aromatic ring is 1. The number of aromatic nitrogens is 1. The van der Waals surface area contributed by atoms with Crippen LogP contribution in [0.25, 0.3) is 9.53 Å². The molecular formula is C22H24FN5O2S2. The van der Waals surface area contributed by atoms with Crippen LogP contribution in [0, 0.1) is 12.7 Å². The molecule has 2 bridgehead atoms. The molecule has 0 aliphatic carbocycles. The van der Waals surface area contributed by atoms with E-state index in [0.29, 0.717) is 47.1 Å². The number of amides is 1. The minimum absolute atomic E-state index is 0.232. The summed E-state index contributed by atoms with van der Waals surface area (Å²) in [4.78, 5) is 20.7. The molecular weight excluding hydrogens is 449 g/mol. The molecule has 7 nitrogen and oxygen atoms in total. The van der Waals surface area contributed by atoms with E-state index in [1.165, 1.54) is 22.7 Å². The first-order valence-corrected chi connectivity index (χ1v) is 12.5. The number of thiophene rings is 1. The van der Waals surface area contributed by atoms with Crippen molar-refractivity contribution < 1.29 is 13.9 Å². The van der Waals surface area contributed by atoms with E-state index in [-0.39, 0.29) is 17.8 Å². The number of hydrogen-bond acceptors (Lipinski definition) is 8. The van der Waals surface area contributed by atoms with Gasteiger partial charge in [-0.2, -0.15) is 0 Å². The highest BCUT2D eigenvalue weighted by molar-refractivity contribution is 7.29. The summed E-state index contributed by atoms with van der Waals surface area (Å²) >= 11 is 2.80. The van der Waals surface area contributed by atoms with Gasteiger partial charge in [-0.1, -0.05) is 0 Å². The van der Waals surface area contributed by atoms with E-state index < -0.39 is 0 Å². The Balaban J connectivity index is 1.18. The monoisotopic (exact) mass is 473 g/mol. The highest BCUT2D eigenvalue weighted by Crippen LogP contribution is 2.38. The summed E-state index contributed by atoms with van der Waals surface area (Å²) in [5, 5.41) is 7.51. The number of hydrogen-bond donors (Lipinski definition) is 3. The Morgan fingerprint density at radius 2 is 2.09 bits per heavy atom. The summed E-state index contributed by atoms with van der Waals surface area (Å²) in [5.41, 5.74) is 8.06. The van der Waals surface area contributed by atoms with Crippen molar-refractivity contribution in [3.63, 3.8) is 0 Å². The van der Waals surface area contributed by atoms with Crippen molar-refractivity contribution >= 4 is 49.5 Å². The third-order valence-corrected chi connectivity index (χ3v) is 8.76. The van der Waals surface area contributed by atoms with Gasteiger partial charge in [0.05, 0.1) is 27.1 Å². The van der Waals surface area contributed by atoms with Crippen LogP contribution in [0.2, 0.25) is 0 Å². The largest absolute Gasteiger partial charge is 0.491 e. The molecule has 3 aromatic rings. The van der Waals surface area contributed by atoms with Gasteiger partial charge in [0.1, 0.15) is 27.9 Å². The summed E-state index contributed by atoms with van der Waals surface area (Å²) in [6.45, 7) is 3.90. The molecule has 6 rings (SSSR count). The second-order valence-electron chi connectivity index (χ2n) is 8.85. The first-order chi connectivity index (χ1) is 15.4. The van der Waals surface area contributed by atoms with Gasteiger partial charge in [-0.15, -0.1) is 22.7 Å². The molecule has 1 amide bonds. The predicted molar refractivity (Wildman–Crippen MR) is 126 cm³/mol. The van der Waals surface area contributed by atoms with Crippen LogP contribution < -0.4 is 26.0 Å². The van der Waals surface area contributed by atoms with Gasteiger partial charge in [0.15, 0.2) is 0 Å². The van der Waals surface area contributed by atoms with Crippen LogP contribution in [0.3, 0.4) is 0 Å². The maximum Gasteiger partial charge on any atom is 0.263 e. The normalized spacial score (nSPS) is 24.4. The number of carbonyl (C=O) groups excluding carboxylic acids is 1. The Bertz CT molecular complexity index is 1210. The molecule has 3 aliphatic rings. The first-order valence-electron chi connectivity index (χ1n) is 10.9. The fourth-order valence-corrected chi connectivity index (χ4v) is 7.13. The summed E-state index contributed by atoms with van der Waals surface area (Å²) in [6, 6.07) is 4.01.